The van der Waals surface area contributed by atoms with Gasteiger partial charge in [0.2, 0.25) is 17.6 Å². The summed E-state index contributed by atoms with van der Waals surface area (Å²) < 4.78 is 16.8. The molecular weight excluding hydrogens is 402 g/mol. The summed E-state index contributed by atoms with van der Waals surface area (Å²) in [6, 6.07) is 9.36. The molecule has 8 heteroatoms. The molecule has 0 radical (unpaired) electrons. The van der Waals surface area contributed by atoms with Crippen LogP contribution in [0.3, 0.4) is 0 Å². The van der Waals surface area contributed by atoms with Crippen molar-refractivity contribution in [3.8, 4) is 22.2 Å². The van der Waals surface area contributed by atoms with E-state index in [0.29, 0.717) is 61.4 Å². The highest BCUT2D eigenvalue weighted by Gasteiger charge is 2.12. The normalized spacial score (nSPS) is 10.7. The van der Waals surface area contributed by atoms with E-state index in [4.69, 9.17) is 14.0 Å². The lowest BCUT2D eigenvalue weighted by molar-refractivity contribution is -0.116. The Kier molecular flexibility index (Phi) is 8.26. The molecule has 30 heavy (non-hydrogen) atoms. The minimum Gasteiger partial charge on any atom is -0.490 e. The highest BCUT2D eigenvalue weighted by molar-refractivity contribution is 7.13. The van der Waals surface area contributed by atoms with Gasteiger partial charge in [0.05, 0.1) is 18.1 Å². The Hall–Kier alpha value is -2.87. The zero-order valence-corrected chi connectivity index (χ0v) is 18.2. The first-order chi connectivity index (χ1) is 14.7. The number of benzene rings is 1. The van der Waals surface area contributed by atoms with Gasteiger partial charge in [0.1, 0.15) is 0 Å². The van der Waals surface area contributed by atoms with Gasteiger partial charge < -0.3 is 19.3 Å². The van der Waals surface area contributed by atoms with Gasteiger partial charge in [0.15, 0.2) is 11.5 Å². The first-order valence-electron chi connectivity index (χ1n) is 10.3. The Labute approximate surface area is 180 Å². The van der Waals surface area contributed by atoms with Crippen molar-refractivity contribution in [1.82, 2.24) is 10.1 Å². The zero-order chi connectivity index (χ0) is 21.2. The van der Waals surface area contributed by atoms with Crippen LogP contribution in [0.15, 0.2) is 40.2 Å². The minimum absolute atomic E-state index is 0.0725. The molecule has 7 nitrogen and oxygen atoms in total. The zero-order valence-electron chi connectivity index (χ0n) is 17.3. The number of rotatable bonds is 12. The lowest BCUT2D eigenvalue weighted by atomic mass is 10.2. The summed E-state index contributed by atoms with van der Waals surface area (Å²) in [6.07, 6.45) is 3.35. The average Bonchev–Trinajstić information content (AvgIpc) is 3.43. The topological polar surface area (TPSA) is 86.5 Å². The highest BCUT2D eigenvalue weighted by Crippen LogP contribution is 2.31. The summed E-state index contributed by atoms with van der Waals surface area (Å²) >= 11 is 1.56. The van der Waals surface area contributed by atoms with Gasteiger partial charge >= 0.3 is 0 Å². The summed E-state index contributed by atoms with van der Waals surface area (Å²) in [6.45, 7) is 5.32. The Balaban J connectivity index is 1.50. The Bertz CT molecular complexity index is 924. The molecule has 0 aliphatic carbocycles. The van der Waals surface area contributed by atoms with Crippen LogP contribution in [-0.2, 0) is 11.2 Å². The number of hydrogen-bond donors (Lipinski definition) is 1. The molecule has 1 aromatic carbocycles. The van der Waals surface area contributed by atoms with E-state index in [0.717, 1.165) is 17.7 Å². The number of thiophene rings is 1. The molecule has 0 saturated carbocycles. The molecule has 0 bridgehead atoms. The lowest BCUT2D eigenvalue weighted by Crippen LogP contribution is -2.12. The molecule has 160 valence electrons. The Morgan fingerprint density at radius 3 is 2.67 bits per heavy atom. The molecule has 0 atom stereocenters. The number of anilines is 1. The summed E-state index contributed by atoms with van der Waals surface area (Å²) in [5.41, 5.74) is 0.688. The quantitative estimate of drug-likeness (QED) is 0.418. The molecule has 2 heterocycles. The summed E-state index contributed by atoms with van der Waals surface area (Å²) in [5.74, 6) is 2.40. The van der Waals surface area contributed by atoms with Crippen LogP contribution in [-0.4, -0.2) is 29.3 Å². The molecule has 0 spiro atoms. The molecule has 0 aliphatic rings. The number of hydrogen-bond acceptors (Lipinski definition) is 7. The summed E-state index contributed by atoms with van der Waals surface area (Å²) in [4.78, 5) is 17.7. The lowest BCUT2D eigenvalue weighted by Gasteiger charge is -2.14. The predicted octanol–water partition coefficient (Wildman–Crippen LogP) is 5.34. The van der Waals surface area contributed by atoms with Crippen LogP contribution in [0.5, 0.6) is 11.5 Å². The van der Waals surface area contributed by atoms with E-state index in [9.17, 15) is 4.79 Å². The van der Waals surface area contributed by atoms with Crippen LogP contribution in [0.25, 0.3) is 10.7 Å². The van der Waals surface area contributed by atoms with Crippen LogP contribution in [0.2, 0.25) is 0 Å². The molecule has 3 rings (SSSR count). The van der Waals surface area contributed by atoms with Gasteiger partial charge in [-0.05, 0) is 42.8 Å². The van der Waals surface area contributed by atoms with Crippen molar-refractivity contribution in [2.75, 3.05) is 18.5 Å². The maximum atomic E-state index is 12.3. The maximum absolute atomic E-state index is 12.3. The smallest absolute Gasteiger partial charge is 0.226 e. The Morgan fingerprint density at radius 2 is 1.93 bits per heavy atom. The molecule has 0 aliphatic heterocycles. The van der Waals surface area contributed by atoms with E-state index in [2.05, 4.69) is 22.4 Å². The highest BCUT2D eigenvalue weighted by atomic mass is 32.1. The van der Waals surface area contributed by atoms with Gasteiger partial charge in [-0.3, -0.25) is 4.79 Å². The first-order valence-corrected chi connectivity index (χ1v) is 11.1. The van der Waals surface area contributed by atoms with Crippen LogP contribution in [0, 0.1) is 0 Å². The SMILES string of the molecule is CCCOc1ccc(NC(=O)CCCc2nc(-c3cccs3)no2)cc1OCCC. The third-order valence-electron chi connectivity index (χ3n) is 4.15. The minimum atomic E-state index is -0.0725. The fourth-order valence-electron chi connectivity index (χ4n) is 2.73. The fraction of sp³-hybridized carbons (Fsp3) is 0.409. The second-order valence-electron chi connectivity index (χ2n) is 6.75. The van der Waals surface area contributed by atoms with Crippen LogP contribution < -0.4 is 14.8 Å². The van der Waals surface area contributed by atoms with Gasteiger partial charge in [-0.1, -0.05) is 25.1 Å². The van der Waals surface area contributed by atoms with Crippen molar-refractivity contribution in [2.45, 2.75) is 46.0 Å². The van der Waals surface area contributed by atoms with E-state index in [-0.39, 0.29) is 5.91 Å². The van der Waals surface area contributed by atoms with Gasteiger partial charge in [-0.25, -0.2) is 0 Å². The van der Waals surface area contributed by atoms with E-state index in [1.807, 2.05) is 42.6 Å². The van der Waals surface area contributed by atoms with E-state index in [1.54, 1.807) is 11.3 Å². The molecular formula is C22H27N3O4S. The van der Waals surface area contributed by atoms with Crippen molar-refractivity contribution < 1.29 is 18.8 Å². The number of nitrogens with one attached hydrogen (secondary N) is 1. The molecule has 0 saturated heterocycles. The standard InChI is InChI=1S/C22H27N3O4S/c1-3-12-27-17-11-10-16(15-18(17)28-13-4-2)23-20(26)8-5-9-21-24-22(25-29-21)19-7-6-14-30-19/h6-7,10-11,14-15H,3-5,8-9,12-13H2,1-2H3,(H,23,26). The van der Waals surface area contributed by atoms with Crippen molar-refractivity contribution in [3.63, 3.8) is 0 Å². The van der Waals surface area contributed by atoms with Gasteiger partial charge in [0.25, 0.3) is 0 Å². The molecule has 2 aromatic heterocycles. The van der Waals surface area contributed by atoms with Gasteiger partial charge in [0, 0.05) is 24.6 Å². The number of nitrogens with zero attached hydrogens (tertiary/aromatic N) is 2. The van der Waals surface area contributed by atoms with Crippen LogP contribution in [0.1, 0.15) is 45.4 Å². The van der Waals surface area contributed by atoms with Crippen LogP contribution in [0.4, 0.5) is 5.69 Å². The van der Waals surface area contributed by atoms with E-state index >= 15 is 0 Å². The number of aryl methyl sites for hydroxylation is 1. The molecule has 1 N–H and O–H groups in total. The number of carbonyl (C=O) groups excluding carboxylic acids is 1. The second-order valence-corrected chi connectivity index (χ2v) is 7.70. The van der Waals surface area contributed by atoms with E-state index in [1.165, 1.54) is 0 Å². The van der Waals surface area contributed by atoms with E-state index < -0.39 is 0 Å². The third-order valence-corrected chi connectivity index (χ3v) is 5.02. The monoisotopic (exact) mass is 429 g/mol. The fourth-order valence-corrected chi connectivity index (χ4v) is 3.38. The number of carbonyl (C=O) groups is 1. The number of ether oxygens (including phenoxy) is 2. The van der Waals surface area contributed by atoms with Crippen molar-refractivity contribution in [2.24, 2.45) is 0 Å². The molecule has 3 aromatic rings. The first kappa shape index (κ1) is 21.8. The van der Waals surface area contributed by atoms with Crippen molar-refractivity contribution >= 4 is 22.9 Å². The number of amides is 1. The van der Waals surface area contributed by atoms with Crippen molar-refractivity contribution in [3.05, 3.63) is 41.6 Å². The van der Waals surface area contributed by atoms with Gasteiger partial charge in [-0.15, -0.1) is 11.3 Å². The molecule has 0 fully saturated rings. The Morgan fingerprint density at radius 1 is 1.13 bits per heavy atom. The number of aromatic nitrogens is 2. The summed E-state index contributed by atoms with van der Waals surface area (Å²) in [5, 5.41) is 8.87. The third kappa shape index (κ3) is 6.32. The summed E-state index contributed by atoms with van der Waals surface area (Å²) in [7, 11) is 0. The van der Waals surface area contributed by atoms with Crippen LogP contribution >= 0.6 is 11.3 Å². The second kappa shape index (κ2) is 11.3. The molecule has 1 amide bonds. The predicted molar refractivity (Wildman–Crippen MR) is 117 cm³/mol. The molecule has 0 unspecified atom stereocenters. The average molecular weight is 430 g/mol. The van der Waals surface area contributed by atoms with Gasteiger partial charge in [-0.2, -0.15) is 4.98 Å². The van der Waals surface area contributed by atoms with Crippen molar-refractivity contribution in [1.29, 1.82) is 0 Å². The maximum Gasteiger partial charge on any atom is 0.226 e. The largest absolute Gasteiger partial charge is 0.490 e.